The van der Waals surface area contributed by atoms with Crippen molar-refractivity contribution in [2.75, 3.05) is 22.3 Å². The number of halogens is 1. The summed E-state index contributed by atoms with van der Waals surface area (Å²) in [7, 11) is -3.07. The Labute approximate surface area is 117 Å². The van der Waals surface area contributed by atoms with Gasteiger partial charge >= 0.3 is 0 Å². The summed E-state index contributed by atoms with van der Waals surface area (Å²) in [6, 6.07) is 4.93. The number of hydrogen-bond acceptors (Lipinski definition) is 4. The van der Waals surface area contributed by atoms with Crippen molar-refractivity contribution in [2.24, 2.45) is 0 Å². The molecule has 1 aliphatic rings. The van der Waals surface area contributed by atoms with Crippen LogP contribution in [0.4, 0.5) is 5.82 Å². The lowest BCUT2D eigenvalue weighted by molar-refractivity contribution is -0.116. The second kappa shape index (κ2) is 5.46. The van der Waals surface area contributed by atoms with E-state index < -0.39 is 9.84 Å². The second-order valence-corrected chi connectivity index (χ2v) is 7.09. The third kappa shape index (κ3) is 3.25. The standard InChI is InChI=1S/C12H15ClN2O3S/c1-9-3-2-4-11(14-9)15(12(16)7-13)10-5-6-19(17,18)8-10/h2-4,10H,5-8H2,1H3. The molecule has 1 amide bonds. The maximum Gasteiger partial charge on any atom is 0.243 e. The van der Waals surface area contributed by atoms with Gasteiger partial charge in [0.05, 0.1) is 17.5 Å². The first-order valence-electron chi connectivity index (χ1n) is 5.95. The average molecular weight is 303 g/mol. The Hall–Kier alpha value is -1.14. The van der Waals surface area contributed by atoms with E-state index in [1.165, 1.54) is 4.90 Å². The van der Waals surface area contributed by atoms with Crippen LogP contribution < -0.4 is 4.90 Å². The van der Waals surface area contributed by atoms with Crippen LogP contribution in [0.25, 0.3) is 0 Å². The number of alkyl halides is 1. The van der Waals surface area contributed by atoms with Crippen molar-refractivity contribution in [3.63, 3.8) is 0 Å². The zero-order chi connectivity index (χ0) is 14.0. The Balaban J connectivity index is 2.35. The molecule has 0 aromatic carbocycles. The molecule has 0 saturated carbocycles. The van der Waals surface area contributed by atoms with Crippen LogP contribution in [0.15, 0.2) is 18.2 Å². The van der Waals surface area contributed by atoms with Crippen LogP contribution in [0.3, 0.4) is 0 Å². The van der Waals surface area contributed by atoms with Crippen LogP contribution in [-0.2, 0) is 14.6 Å². The molecule has 5 nitrogen and oxygen atoms in total. The van der Waals surface area contributed by atoms with Crippen LogP contribution in [0.2, 0.25) is 0 Å². The lowest BCUT2D eigenvalue weighted by Gasteiger charge is -2.26. The number of nitrogens with zero attached hydrogens (tertiary/aromatic N) is 2. The molecule has 0 aliphatic carbocycles. The minimum atomic E-state index is -3.07. The van der Waals surface area contributed by atoms with Crippen LogP contribution >= 0.6 is 11.6 Å². The summed E-state index contributed by atoms with van der Waals surface area (Å²) in [4.78, 5) is 17.7. The molecule has 0 bridgehead atoms. The highest BCUT2D eigenvalue weighted by atomic mass is 35.5. The van der Waals surface area contributed by atoms with Gasteiger partial charge in [-0.25, -0.2) is 13.4 Å². The highest BCUT2D eigenvalue weighted by Gasteiger charge is 2.35. The van der Waals surface area contributed by atoms with Gasteiger partial charge in [0, 0.05) is 5.69 Å². The summed E-state index contributed by atoms with van der Waals surface area (Å²) in [6.07, 6.45) is 0.431. The molecule has 19 heavy (non-hydrogen) atoms. The summed E-state index contributed by atoms with van der Waals surface area (Å²) < 4.78 is 23.1. The zero-order valence-electron chi connectivity index (χ0n) is 10.5. The number of carbonyl (C=O) groups excluding carboxylic acids is 1. The van der Waals surface area contributed by atoms with E-state index in [0.29, 0.717) is 12.2 Å². The molecule has 1 aromatic heterocycles. The first-order valence-corrected chi connectivity index (χ1v) is 8.30. The van der Waals surface area contributed by atoms with Crippen molar-refractivity contribution < 1.29 is 13.2 Å². The molecule has 7 heteroatoms. The molecule has 1 unspecified atom stereocenters. The molecule has 1 fully saturated rings. The van der Waals surface area contributed by atoms with Gasteiger partial charge in [-0.15, -0.1) is 11.6 Å². The van der Waals surface area contributed by atoms with Crippen molar-refractivity contribution in [1.82, 2.24) is 4.98 Å². The largest absolute Gasteiger partial charge is 0.292 e. The lowest BCUT2D eigenvalue weighted by atomic mass is 10.2. The van der Waals surface area contributed by atoms with Crippen molar-refractivity contribution in [1.29, 1.82) is 0 Å². The smallest absolute Gasteiger partial charge is 0.243 e. The van der Waals surface area contributed by atoms with Gasteiger partial charge < -0.3 is 0 Å². The van der Waals surface area contributed by atoms with E-state index in [1.807, 2.05) is 13.0 Å². The number of aromatic nitrogens is 1. The Kier molecular flexibility index (Phi) is 4.10. The van der Waals surface area contributed by atoms with Gasteiger partial charge in [-0.2, -0.15) is 0 Å². The minimum Gasteiger partial charge on any atom is -0.292 e. The molecule has 0 N–H and O–H groups in total. The SMILES string of the molecule is Cc1cccc(N(C(=O)CCl)C2CCS(=O)(=O)C2)n1. The highest BCUT2D eigenvalue weighted by molar-refractivity contribution is 7.91. The molecular weight excluding hydrogens is 288 g/mol. The van der Waals surface area contributed by atoms with Crippen LogP contribution in [0.1, 0.15) is 12.1 Å². The number of rotatable bonds is 3. The normalized spacial score (nSPS) is 21.3. The number of hydrogen-bond donors (Lipinski definition) is 0. The number of pyridine rings is 1. The minimum absolute atomic E-state index is 0.0226. The van der Waals surface area contributed by atoms with Crippen LogP contribution in [0, 0.1) is 6.92 Å². The van der Waals surface area contributed by atoms with Crippen molar-refractivity contribution in [3.8, 4) is 0 Å². The van der Waals surface area contributed by atoms with E-state index in [1.54, 1.807) is 12.1 Å². The van der Waals surface area contributed by atoms with E-state index in [-0.39, 0.29) is 29.3 Å². The van der Waals surface area contributed by atoms with Gasteiger partial charge in [0.15, 0.2) is 9.84 Å². The molecule has 2 heterocycles. The fraction of sp³-hybridized carbons (Fsp3) is 0.500. The Morgan fingerprint density at radius 1 is 1.53 bits per heavy atom. The molecule has 0 radical (unpaired) electrons. The lowest BCUT2D eigenvalue weighted by Crippen LogP contribution is -2.42. The van der Waals surface area contributed by atoms with Gasteiger partial charge in [-0.3, -0.25) is 9.69 Å². The van der Waals surface area contributed by atoms with Crippen molar-refractivity contribution in [2.45, 2.75) is 19.4 Å². The van der Waals surface area contributed by atoms with Crippen LogP contribution in [-0.4, -0.2) is 42.7 Å². The van der Waals surface area contributed by atoms with E-state index in [9.17, 15) is 13.2 Å². The predicted octanol–water partition coefficient (Wildman–Crippen LogP) is 1.15. The van der Waals surface area contributed by atoms with E-state index in [0.717, 1.165) is 5.69 Å². The Morgan fingerprint density at radius 2 is 2.26 bits per heavy atom. The Bertz CT molecular complexity index is 588. The average Bonchev–Trinajstić information content (AvgIpc) is 2.69. The third-order valence-corrected chi connectivity index (χ3v) is 5.06. The second-order valence-electron chi connectivity index (χ2n) is 4.59. The first kappa shape index (κ1) is 14.3. The molecule has 1 atom stereocenters. The monoisotopic (exact) mass is 302 g/mol. The summed E-state index contributed by atoms with van der Waals surface area (Å²) in [5, 5.41) is 0. The number of anilines is 1. The summed E-state index contributed by atoms with van der Waals surface area (Å²) in [5.74, 6) is 0.0436. The van der Waals surface area contributed by atoms with Gasteiger partial charge in [0.2, 0.25) is 5.91 Å². The summed E-state index contributed by atoms with van der Waals surface area (Å²) in [6.45, 7) is 1.82. The van der Waals surface area contributed by atoms with Gasteiger partial charge in [0.1, 0.15) is 11.7 Å². The van der Waals surface area contributed by atoms with E-state index in [4.69, 9.17) is 11.6 Å². The number of carbonyl (C=O) groups is 1. The van der Waals surface area contributed by atoms with Gasteiger partial charge in [-0.1, -0.05) is 6.07 Å². The molecule has 2 rings (SSSR count). The Morgan fingerprint density at radius 3 is 2.79 bits per heavy atom. The molecule has 1 aliphatic heterocycles. The van der Waals surface area contributed by atoms with E-state index in [2.05, 4.69) is 4.98 Å². The topological polar surface area (TPSA) is 67.3 Å². The maximum absolute atomic E-state index is 12.0. The first-order chi connectivity index (χ1) is 8.93. The summed E-state index contributed by atoms with van der Waals surface area (Å²) >= 11 is 5.62. The third-order valence-electron chi connectivity index (χ3n) is 3.08. The fourth-order valence-corrected chi connectivity index (χ4v) is 4.05. The van der Waals surface area contributed by atoms with E-state index >= 15 is 0 Å². The zero-order valence-corrected chi connectivity index (χ0v) is 12.1. The summed E-state index contributed by atoms with van der Waals surface area (Å²) in [5.41, 5.74) is 0.769. The maximum atomic E-state index is 12.0. The molecule has 1 aromatic rings. The van der Waals surface area contributed by atoms with Crippen molar-refractivity contribution in [3.05, 3.63) is 23.9 Å². The number of aryl methyl sites for hydroxylation is 1. The number of sulfone groups is 1. The number of amides is 1. The molecule has 104 valence electrons. The molecular formula is C12H15ClN2O3S. The highest BCUT2D eigenvalue weighted by Crippen LogP contribution is 2.23. The molecule has 0 spiro atoms. The predicted molar refractivity (Wildman–Crippen MR) is 74.2 cm³/mol. The quantitative estimate of drug-likeness (QED) is 0.786. The van der Waals surface area contributed by atoms with Crippen molar-refractivity contribution >= 4 is 33.2 Å². The molecule has 1 saturated heterocycles. The fourth-order valence-electron chi connectivity index (χ4n) is 2.22. The van der Waals surface area contributed by atoms with Crippen LogP contribution in [0.5, 0.6) is 0 Å². The van der Waals surface area contributed by atoms with Gasteiger partial charge in [-0.05, 0) is 25.5 Å². The van der Waals surface area contributed by atoms with Gasteiger partial charge in [0.25, 0.3) is 0 Å².